The molecule has 0 aliphatic carbocycles. The number of unbranched alkanes of at least 4 members (excludes halogenated alkanes) is 14. The SMILES string of the molecule is CCC.CCCC.COC(=O)CCCCCCCCCC(CCCCCCCCCC(=O)OCCC(CCC(C)C)C(C)C)OCCCCN1CCOCC1. The zero-order valence-electron chi connectivity index (χ0n) is 38.5. The minimum Gasteiger partial charge on any atom is -0.469 e. The molecule has 1 saturated heterocycles. The third-order valence-electron chi connectivity index (χ3n) is 10.7. The highest BCUT2D eigenvalue weighted by Crippen LogP contribution is 2.24. The molecule has 0 aromatic rings. The Morgan fingerprint density at radius 3 is 1.55 bits per heavy atom. The van der Waals surface area contributed by atoms with E-state index < -0.39 is 0 Å². The summed E-state index contributed by atoms with van der Waals surface area (Å²) in [7, 11) is 1.47. The lowest BCUT2D eigenvalue weighted by Crippen LogP contribution is -2.36. The summed E-state index contributed by atoms with van der Waals surface area (Å²) in [6.45, 7) is 24.3. The minimum absolute atomic E-state index is 0.0101. The van der Waals surface area contributed by atoms with Gasteiger partial charge >= 0.3 is 11.9 Å². The quantitative estimate of drug-likeness (QED) is 0.0475. The van der Waals surface area contributed by atoms with Gasteiger partial charge in [-0.15, -0.1) is 0 Å². The van der Waals surface area contributed by atoms with Crippen molar-refractivity contribution in [2.24, 2.45) is 17.8 Å². The molecule has 0 N–H and O–H groups in total. The number of esters is 2. The Balaban J connectivity index is 0. The summed E-state index contributed by atoms with van der Waals surface area (Å²) in [4.78, 5) is 26.0. The molecule has 330 valence electrons. The Morgan fingerprint density at radius 2 is 1.07 bits per heavy atom. The summed E-state index contributed by atoms with van der Waals surface area (Å²) in [6.07, 6.45) is 30.3. The average Bonchev–Trinajstić information content (AvgIpc) is 3.17. The predicted molar refractivity (Wildman–Crippen MR) is 236 cm³/mol. The van der Waals surface area contributed by atoms with Gasteiger partial charge in [-0.2, -0.15) is 0 Å². The van der Waals surface area contributed by atoms with Gasteiger partial charge in [0.1, 0.15) is 0 Å². The van der Waals surface area contributed by atoms with Gasteiger partial charge in [0.15, 0.2) is 0 Å². The van der Waals surface area contributed by atoms with E-state index >= 15 is 0 Å². The maximum Gasteiger partial charge on any atom is 0.305 e. The Morgan fingerprint density at radius 1 is 0.582 bits per heavy atom. The minimum atomic E-state index is -0.0886. The number of rotatable bonds is 34. The third kappa shape index (κ3) is 42.3. The molecule has 2 unspecified atom stereocenters. The average molecular weight is 784 g/mol. The maximum absolute atomic E-state index is 12.2. The van der Waals surface area contributed by atoms with E-state index in [1.165, 1.54) is 123 Å². The number of hydrogen-bond donors (Lipinski definition) is 0. The maximum atomic E-state index is 12.2. The number of methoxy groups -OCH3 is 1. The lowest BCUT2D eigenvalue weighted by atomic mass is 9.86. The fourth-order valence-corrected chi connectivity index (χ4v) is 6.73. The van der Waals surface area contributed by atoms with Crippen LogP contribution in [0.4, 0.5) is 0 Å². The normalized spacial score (nSPS) is 14.2. The zero-order chi connectivity index (χ0) is 41.2. The first-order valence-electron chi connectivity index (χ1n) is 23.8. The van der Waals surface area contributed by atoms with Crippen LogP contribution in [0, 0.1) is 17.8 Å². The van der Waals surface area contributed by atoms with Gasteiger partial charge < -0.3 is 18.9 Å². The predicted octanol–water partition coefficient (Wildman–Crippen LogP) is 13.5. The fourth-order valence-electron chi connectivity index (χ4n) is 6.73. The van der Waals surface area contributed by atoms with E-state index in [9.17, 15) is 9.59 Å². The van der Waals surface area contributed by atoms with Crippen LogP contribution in [0.25, 0.3) is 0 Å². The topological polar surface area (TPSA) is 74.3 Å². The summed E-state index contributed by atoms with van der Waals surface area (Å²) in [5.74, 6) is 1.94. The number of ether oxygens (including phenoxy) is 4. The van der Waals surface area contributed by atoms with Crippen LogP contribution in [-0.2, 0) is 28.5 Å². The smallest absolute Gasteiger partial charge is 0.305 e. The molecular weight excluding hydrogens is 687 g/mol. The number of carbonyl (C=O) groups is 2. The van der Waals surface area contributed by atoms with Crippen LogP contribution in [0.2, 0.25) is 0 Å². The van der Waals surface area contributed by atoms with Crippen molar-refractivity contribution in [1.29, 1.82) is 0 Å². The van der Waals surface area contributed by atoms with Crippen molar-refractivity contribution in [2.45, 2.75) is 228 Å². The van der Waals surface area contributed by atoms with Gasteiger partial charge in [0.2, 0.25) is 0 Å². The molecule has 1 aliphatic heterocycles. The van der Waals surface area contributed by atoms with Crippen molar-refractivity contribution in [3.63, 3.8) is 0 Å². The van der Waals surface area contributed by atoms with Crippen LogP contribution >= 0.6 is 0 Å². The van der Waals surface area contributed by atoms with Gasteiger partial charge in [-0.25, -0.2) is 0 Å². The molecule has 0 saturated carbocycles. The Labute approximate surface area is 343 Å². The molecule has 0 spiro atoms. The van der Waals surface area contributed by atoms with E-state index in [0.717, 1.165) is 83.9 Å². The molecule has 2 atom stereocenters. The summed E-state index contributed by atoms with van der Waals surface area (Å²) >= 11 is 0. The third-order valence-corrected chi connectivity index (χ3v) is 10.7. The molecule has 1 rings (SSSR count). The zero-order valence-corrected chi connectivity index (χ0v) is 38.5. The van der Waals surface area contributed by atoms with Gasteiger partial charge in [0, 0.05) is 32.5 Å². The number of hydrogen-bond acceptors (Lipinski definition) is 7. The first-order chi connectivity index (χ1) is 26.6. The standard InChI is InChI=1S/C41H79NO6.C4H10.C3H8/c1-36(2)26-27-38(37(3)4)28-33-48-41(44)25-19-15-11-7-9-13-17-23-39(47-32-21-20-29-42-30-34-46-35-31-42)22-16-12-8-6-10-14-18-24-40(43)45-5;1-3-4-2;1-3-2/h36-39H,6-35H2,1-5H3;3-4H2,1-2H3;3H2,1-2H3. The molecule has 55 heavy (non-hydrogen) atoms. The van der Waals surface area contributed by atoms with Gasteiger partial charge in [-0.1, -0.05) is 158 Å². The van der Waals surface area contributed by atoms with Gasteiger partial charge in [0.05, 0.1) is 33.0 Å². The summed E-state index contributed by atoms with van der Waals surface area (Å²) < 4.78 is 22.2. The molecule has 1 aliphatic rings. The molecule has 0 aromatic carbocycles. The molecule has 7 heteroatoms. The van der Waals surface area contributed by atoms with Crippen molar-refractivity contribution in [3.05, 3.63) is 0 Å². The lowest BCUT2D eigenvalue weighted by molar-refractivity contribution is -0.144. The highest BCUT2D eigenvalue weighted by molar-refractivity contribution is 5.69. The van der Waals surface area contributed by atoms with Crippen LogP contribution in [0.15, 0.2) is 0 Å². The highest BCUT2D eigenvalue weighted by Gasteiger charge is 2.15. The monoisotopic (exact) mass is 784 g/mol. The Hall–Kier alpha value is -1.18. The Bertz CT molecular complexity index is 782. The molecule has 1 fully saturated rings. The van der Waals surface area contributed by atoms with Gasteiger partial charge in [0.25, 0.3) is 0 Å². The van der Waals surface area contributed by atoms with Gasteiger partial charge in [-0.05, 0) is 75.7 Å². The largest absolute Gasteiger partial charge is 0.469 e. The molecule has 1 heterocycles. The molecule has 0 aromatic heterocycles. The van der Waals surface area contributed by atoms with Crippen molar-refractivity contribution < 1.29 is 28.5 Å². The second-order valence-corrected chi connectivity index (χ2v) is 16.9. The molecule has 7 nitrogen and oxygen atoms in total. The van der Waals surface area contributed by atoms with E-state index in [0.29, 0.717) is 37.4 Å². The van der Waals surface area contributed by atoms with Crippen molar-refractivity contribution in [3.8, 4) is 0 Å². The van der Waals surface area contributed by atoms with Crippen molar-refractivity contribution in [2.75, 3.05) is 53.2 Å². The van der Waals surface area contributed by atoms with E-state index in [4.69, 9.17) is 18.9 Å². The van der Waals surface area contributed by atoms with Crippen LogP contribution in [0.5, 0.6) is 0 Å². The molecular formula is C48H97NO6. The highest BCUT2D eigenvalue weighted by atomic mass is 16.5. The van der Waals surface area contributed by atoms with Crippen LogP contribution < -0.4 is 0 Å². The fraction of sp³-hybridized carbons (Fsp3) is 0.958. The van der Waals surface area contributed by atoms with Crippen LogP contribution in [0.1, 0.15) is 222 Å². The van der Waals surface area contributed by atoms with E-state index in [1.54, 1.807) is 0 Å². The molecule has 0 bridgehead atoms. The Kier molecular flexibility index (Phi) is 44.7. The van der Waals surface area contributed by atoms with E-state index in [-0.39, 0.29) is 11.9 Å². The number of nitrogens with zero attached hydrogens (tertiary/aromatic N) is 1. The first-order valence-corrected chi connectivity index (χ1v) is 23.8. The van der Waals surface area contributed by atoms with Crippen LogP contribution in [0.3, 0.4) is 0 Å². The van der Waals surface area contributed by atoms with Gasteiger partial charge in [-0.3, -0.25) is 14.5 Å². The first kappa shape index (κ1) is 55.9. The van der Waals surface area contributed by atoms with E-state index in [2.05, 4.69) is 60.3 Å². The molecule has 0 amide bonds. The number of carbonyl (C=O) groups excluding carboxylic acids is 2. The second kappa shape index (κ2) is 43.9. The second-order valence-electron chi connectivity index (χ2n) is 16.9. The van der Waals surface area contributed by atoms with Crippen LogP contribution in [-0.4, -0.2) is 76.1 Å². The summed E-state index contributed by atoms with van der Waals surface area (Å²) in [6, 6.07) is 0. The summed E-state index contributed by atoms with van der Waals surface area (Å²) in [5, 5.41) is 0. The van der Waals surface area contributed by atoms with E-state index in [1.807, 2.05) is 0 Å². The molecule has 0 radical (unpaired) electrons. The lowest BCUT2D eigenvalue weighted by Gasteiger charge is -2.26. The van der Waals surface area contributed by atoms with Crippen molar-refractivity contribution in [1.82, 2.24) is 4.90 Å². The summed E-state index contributed by atoms with van der Waals surface area (Å²) in [5.41, 5.74) is 0. The van der Waals surface area contributed by atoms with Crippen molar-refractivity contribution >= 4 is 11.9 Å². The number of morpholine rings is 1.